The molecule has 0 saturated heterocycles. The van der Waals surface area contributed by atoms with Gasteiger partial charge in [0.05, 0.1) is 43.2 Å². The SMILES string of the molecule is COc1ccccc1CC(=O)NC1=CCC(C)N=C(C2CCCC(c3nnc(NC(=O)Cc4ccccc4OC)s3)C2)S1. The lowest BCUT2D eigenvalue weighted by molar-refractivity contribution is -0.119. The fourth-order valence-corrected chi connectivity index (χ4v) is 7.56. The number of hydrogen-bond acceptors (Lipinski definition) is 9. The summed E-state index contributed by atoms with van der Waals surface area (Å²) in [4.78, 5) is 30.7. The summed E-state index contributed by atoms with van der Waals surface area (Å²) >= 11 is 3.02. The Morgan fingerprint density at radius 2 is 1.51 bits per heavy atom. The number of aliphatic imine (C=N–C) groups is 1. The number of benzene rings is 2. The predicted molar refractivity (Wildman–Crippen MR) is 172 cm³/mol. The van der Waals surface area contributed by atoms with Crippen LogP contribution >= 0.6 is 23.1 Å². The first-order chi connectivity index (χ1) is 20.9. The van der Waals surface area contributed by atoms with Crippen LogP contribution in [-0.4, -0.2) is 47.3 Å². The van der Waals surface area contributed by atoms with Crippen LogP contribution in [-0.2, 0) is 22.4 Å². The van der Waals surface area contributed by atoms with Crippen molar-refractivity contribution in [1.29, 1.82) is 0 Å². The van der Waals surface area contributed by atoms with Gasteiger partial charge in [-0.05, 0) is 44.7 Å². The smallest absolute Gasteiger partial charge is 0.230 e. The largest absolute Gasteiger partial charge is 0.496 e. The van der Waals surface area contributed by atoms with Gasteiger partial charge < -0.3 is 20.1 Å². The van der Waals surface area contributed by atoms with E-state index in [2.05, 4.69) is 33.8 Å². The molecule has 3 atom stereocenters. The maximum absolute atomic E-state index is 13.0. The van der Waals surface area contributed by atoms with E-state index in [0.29, 0.717) is 16.6 Å². The van der Waals surface area contributed by atoms with Gasteiger partial charge in [0.25, 0.3) is 0 Å². The Kier molecular flexibility index (Phi) is 10.5. The summed E-state index contributed by atoms with van der Waals surface area (Å²) in [5.41, 5.74) is 1.68. The average Bonchev–Trinajstić information content (AvgIpc) is 3.40. The lowest BCUT2D eigenvalue weighted by Crippen LogP contribution is -2.26. The van der Waals surface area contributed by atoms with Crippen LogP contribution in [0, 0.1) is 5.92 Å². The van der Waals surface area contributed by atoms with Crippen LogP contribution in [0.5, 0.6) is 11.5 Å². The van der Waals surface area contributed by atoms with E-state index >= 15 is 0 Å². The second-order valence-electron chi connectivity index (χ2n) is 10.8. The first kappa shape index (κ1) is 30.7. The average molecular weight is 620 g/mol. The number of hydrogen-bond donors (Lipinski definition) is 2. The number of nitrogens with one attached hydrogen (secondary N) is 2. The highest BCUT2D eigenvalue weighted by molar-refractivity contribution is 8.17. The summed E-state index contributed by atoms with van der Waals surface area (Å²) in [6.07, 6.45) is 7.31. The molecule has 3 aromatic rings. The standard InChI is InChI=1S/C32H37N5O4S2/c1-20-15-16-29(34-27(38)18-21-9-4-6-13-25(21)40-2)42-30(33-20)23-11-8-12-24(17-23)31-36-37-32(43-31)35-28(39)19-22-10-5-7-14-26(22)41-3/h4-7,9-10,13-14,16,20,23-24H,8,11-12,15,17-19H2,1-3H3,(H,34,38)(H,35,37,39). The van der Waals surface area contributed by atoms with Gasteiger partial charge in [0, 0.05) is 23.0 Å². The molecule has 2 aromatic carbocycles. The van der Waals surface area contributed by atoms with Crippen molar-refractivity contribution in [1.82, 2.24) is 15.5 Å². The molecule has 3 unspecified atom stereocenters. The van der Waals surface area contributed by atoms with E-state index in [1.54, 1.807) is 26.0 Å². The van der Waals surface area contributed by atoms with Crippen LogP contribution in [0.1, 0.15) is 61.1 Å². The van der Waals surface area contributed by atoms with Crippen LogP contribution in [0.4, 0.5) is 5.13 Å². The third kappa shape index (κ3) is 8.23. The molecule has 1 aromatic heterocycles. The zero-order valence-electron chi connectivity index (χ0n) is 24.7. The lowest BCUT2D eigenvalue weighted by Gasteiger charge is -2.28. The van der Waals surface area contributed by atoms with Crippen molar-refractivity contribution in [2.24, 2.45) is 10.9 Å². The monoisotopic (exact) mass is 619 g/mol. The maximum Gasteiger partial charge on any atom is 0.230 e. The molecule has 0 spiro atoms. The molecule has 2 heterocycles. The zero-order valence-corrected chi connectivity index (χ0v) is 26.3. The number of rotatable bonds is 10. The second-order valence-corrected chi connectivity index (χ2v) is 12.9. The Bertz CT molecular complexity index is 1500. The van der Waals surface area contributed by atoms with E-state index in [1.165, 1.54) is 11.3 Å². The van der Waals surface area contributed by atoms with E-state index < -0.39 is 0 Å². The minimum absolute atomic E-state index is 0.0761. The van der Waals surface area contributed by atoms with Gasteiger partial charge in [-0.2, -0.15) is 0 Å². The Labute approximate surface area is 260 Å². The third-order valence-corrected chi connectivity index (χ3v) is 9.75. The summed E-state index contributed by atoms with van der Waals surface area (Å²) in [6.45, 7) is 2.11. The number of carbonyl (C=O) groups is 2. The van der Waals surface area contributed by atoms with Gasteiger partial charge in [0.15, 0.2) is 0 Å². The zero-order chi connectivity index (χ0) is 30.2. The molecule has 1 fully saturated rings. The molecule has 2 N–H and O–H groups in total. The van der Waals surface area contributed by atoms with Gasteiger partial charge in [0.2, 0.25) is 16.9 Å². The summed E-state index contributed by atoms with van der Waals surface area (Å²) in [5, 5.41) is 18.1. The van der Waals surface area contributed by atoms with E-state index in [1.807, 2.05) is 48.5 Å². The highest BCUT2D eigenvalue weighted by Crippen LogP contribution is 2.42. The Morgan fingerprint density at radius 3 is 2.19 bits per heavy atom. The van der Waals surface area contributed by atoms with Gasteiger partial charge in [0.1, 0.15) is 16.5 Å². The van der Waals surface area contributed by atoms with Crippen molar-refractivity contribution in [2.75, 3.05) is 19.5 Å². The quantitative estimate of drug-likeness (QED) is 0.280. The molecule has 1 saturated carbocycles. The van der Waals surface area contributed by atoms with Crippen LogP contribution in [0.25, 0.3) is 0 Å². The van der Waals surface area contributed by atoms with Gasteiger partial charge in [-0.1, -0.05) is 72.0 Å². The maximum atomic E-state index is 13.0. The van der Waals surface area contributed by atoms with Crippen LogP contribution in [0.15, 0.2) is 64.6 Å². The van der Waals surface area contributed by atoms with Gasteiger partial charge in [-0.25, -0.2) is 0 Å². The second kappa shape index (κ2) is 14.7. The number of carbonyl (C=O) groups excluding carboxylic acids is 2. The van der Waals surface area contributed by atoms with Gasteiger partial charge >= 0.3 is 0 Å². The molecule has 9 nitrogen and oxygen atoms in total. The molecule has 2 aliphatic rings. The molecular formula is C32H37N5O4S2. The predicted octanol–water partition coefficient (Wildman–Crippen LogP) is 6.13. The highest BCUT2D eigenvalue weighted by Gasteiger charge is 2.31. The normalized spacial score (nSPS) is 20.3. The minimum Gasteiger partial charge on any atom is -0.496 e. The van der Waals surface area contributed by atoms with E-state index in [4.69, 9.17) is 14.5 Å². The first-order valence-electron chi connectivity index (χ1n) is 14.5. The van der Waals surface area contributed by atoms with Crippen molar-refractivity contribution in [2.45, 2.75) is 63.8 Å². The Hall–Kier alpha value is -3.70. The van der Waals surface area contributed by atoms with Crippen molar-refractivity contribution in [3.63, 3.8) is 0 Å². The summed E-state index contributed by atoms with van der Waals surface area (Å²) in [5.74, 6) is 1.68. The number of nitrogens with zero attached hydrogens (tertiary/aromatic N) is 3. The highest BCUT2D eigenvalue weighted by atomic mass is 32.2. The molecule has 0 bridgehead atoms. The molecular weight excluding hydrogens is 583 g/mol. The fraction of sp³-hybridized carbons (Fsp3) is 0.406. The van der Waals surface area contributed by atoms with Crippen LogP contribution in [0.2, 0.25) is 0 Å². The third-order valence-electron chi connectivity index (χ3n) is 7.62. The number of amides is 2. The molecule has 11 heteroatoms. The topological polar surface area (TPSA) is 115 Å². The summed E-state index contributed by atoms with van der Waals surface area (Å²) in [7, 11) is 3.21. The van der Waals surface area contributed by atoms with Crippen molar-refractivity contribution < 1.29 is 19.1 Å². The van der Waals surface area contributed by atoms with E-state index in [9.17, 15) is 9.59 Å². The molecule has 1 aliphatic carbocycles. The van der Waals surface area contributed by atoms with Crippen LogP contribution < -0.4 is 20.1 Å². The number of aromatic nitrogens is 2. The van der Waals surface area contributed by atoms with Crippen LogP contribution in [0.3, 0.4) is 0 Å². The number of anilines is 1. The number of methoxy groups -OCH3 is 2. The molecule has 43 heavy (non-hydrogen) atoms. The number of thioether (sulfide) groups is 1. The van der Waals surface area contributed by atoms with Crippen molar-refractivity contribution in [3.05, 3.63) is 75.8 Å². The molecule has 0 radical (unpaired) electrons. The molecule has 226 valence electrons. The molecule has 1 aliphatic heterocycles. The summed E-state index contributed by atoms with van der Waals surface area (Å²) < 4.78 is 10.8. The van der Waals surface area contributed by atoms with Gasteiger partial charge in [-0.3, -0.25) is 14.6 Å². The van der Waals surface area contributed by atoms with E-state index in [0.717, 1.165) is 58.3 Å². The van der Waals surface area contributed by atoms with Crippen molar-refractivity contribution in [3.8, 4) is 11.5 Å². The Balaban J connectivity index is 1.19. The minimum atomic E-state index is -0.154. The fourth-order valence-electron chi connectivity index (χ4n) is 5.47. The van der Waals surface area contributed by atoms with Crippen molar-refractivity contribution >= 4 is 45.1 Å². The molecule has 2 amide bonds. The molecule has 5 rings (SSSR count). The van der Waals surface area contributed by atoms with Gasteiger partial charge in [-0.15, -0.1) is 10.2 Å². The van der Waals surface area contributed by atoms with E-state index in [-0.39, 0.29) is 42.5 Å². The number of ether oxygens (including phenoxy) is 2. The Morgan fingerprint density at radius 1 is 0.884 bits per heavy atom. The lowest BCUT2D eigenvalue weighted by atomic mass is 9.82. The summed E-state index contributed by atoms with van der Waals surface area (Å²) in [6, 6.07) is 15.2. The number of para-hydroxylation sites is 2. The first-order valence-corrected chi connectivity index (χ1v) is 16.2.